The first-order valence-electron chi connectivity index (χ1n) is 10.7. The van der Waals surface area contributed by atoms with Crippen molar-refractivity contribution in [3.63, 3.8) is 0 Å². The van der Waals surface area contributed by atoms with Gasteiger partial charge in [0.2, 0.25) is 10.0 Å². The summed E-state index contributed by atoms with van der Waals surface area (Å²) in [4.78, 5) is 28.5. The van der Waals surface area contributed by atoms with E-state index in [1.165, 1.54) is 16.8 Å². The molecule has 2 aromatic carbocycles. The van der Waals surface area contributed by atoms with Gasteiger partial charge in [0.15, 0.2) is 0 Å². The van der Waals surface area contributed by atoms with Gasteiger partial charge in [0.1, 0.15) is 5.75 Å². The molecule has 0 aliphatic carbocycles. The molecule has 9 nitrogen and oxygen atoms in total. The van der Waals surface area contributed by atoms with E-state index in [1.807, 2.05) is 24.3 Å². The minimum Gasteiger partial charge on any atom is -0.494 e. The number of fused-ring (bicyclic) bond motifs is 1. The zero-order chi connectivity index (χ0) is 24.8. The van der Waals surface area contributed by atoms with Crippen molar-refractivity contribution >= 4 is 21.4 Å². The summed E-state index contributed by atoms with van der Waals surface area (Å²) >= 11 is 0. The van der Waals surface area contributed by atoms with Crippen molar-refractivity contribution in [3.8, 4) is 11.4 Å². The van der Waals surface area contributed by atoms with Crippen LogP contribution in [0.25, 0.3) is 5.69 Å². The predicted octanol–water partition coefficient (Wildman–Crippen LogP) is 2.72. The molecule has 0 saturated heterocycles. The van der Waals surface area contributed by atoms with Gasteiger partial charge in [-0.1, -0.05) is 26.8 Å². The Hall–Kier alpha value is -3.53. The van der Waals surface area contributed by atoms with E-state index in [1.54, 1.807) is 13.2 Å². The Kier molecular flexibility index (Phi) is 5.80. The number of hydrogen-bond acceptors (Lipinski definition) is 6. The van der Waals surface area contributed by atoms with Gasteiger partial charge < -0.3 is 9.64 Å². The summed E-state index contributed by atoms with van der Waals surface area (Å²) in [5.74, 6) is 0.705. The summed E-state index contributed by atoms with van der Waals surface area (Å²) in [5.41, 5.74) is 3.64. The second-order valence-corrected chi connectivity index (χ2v) is 11.2. The van der Waals surface area contributed by atoms with Gasteiger partial charge >= 0.3 is 5.69 Å². The first-order chi connectivity index (χ1) is 15.9. The fraction of sp³-hybridized carbons (Fsp3) is 0.333. The van der Waals surface area contributed by atoms with Crippen molar-refractivity contribution in [3.05, 3.63) is 80.1 Å². The molecule has 0 spiro atoms. The molecular formula is C24H28N4O5S. The Balaban J connectivity index is 1.83. The third-order valence-corrected chi connectivity index (χ3v) is 6.35. The van der Waals surface area contributed by atoms with Crippen LogP contribution in [-0.2, 0) is 28.5 Å². The SMILES string of the molecule is COc1c(N2Cc3ccc(NS(C)(=O)=O)cc3C2)cc(-n2ccc(=O)[nH]c2=O)cc1C(C)(C)C. The van der Waals surface area contributed by atoms with Crippen LogP contribution in [0.4, 0.5) is 11.4 Å². The molecule has 1 aromatic heterocycles. The number of aromatic nitrogens is 2. The molecule has 10 heteroatoms. The topological polar surface area (TPSA) is 114 Å². The van der Waals surface area contributed by atoms with Crippen molar-refractivity contribution in [2.45, 2.75) is 39.3 Å². The van der Waals surface area contributed by atoms with Crippen LogP contribution in [0.5, 0.6) is 5.75 Å². The van der Waals surface area contributed by atoms with Crippen molar-refractivity contribution < 1.29 is 13.2 Å². The normalized spacial score (nSPS) is 13.6. The molecular weight excluding hydrogens is 456 g/mol. The zero-order valence-electron chi connectivity index (χ0n) is 19.8. The lowest BCUT2D eigenvalue weighted by atomic mass is 9.85. The molecule has 180 valence electrons. The molecule has 0 bridgehead atoms. The van der Waals surface area contributed by atoms with Crippen molar-refractivity contribution in [1.82, 2.24) is 9.55 Å². The molecule has 34 heavy (non-hydrogen) atoms. The van der Waals surface area contributed by atoms with Gasteiger partial charge in [0.05, 0.1) is 24.7 Å². The van der Waals surface area contributed by atoms with Gasteiger partial charge in [-0.25, -0.2) is 13.2 Å². The maximum atomic E-state index is 12.5. The third-order valence-electron chi connectivity index (χ3n) is 5.74. The summed E-state index contributed by atoms with van der Waals surface area (Å²) in [6.07, 6.45) is 2.58. The van der Waals surface area contributed by atoms with Crippen LogP contribution in [0.15, 0.2) is 52.2 Å². The first-order valence-corrected chi connectivity index (χ1v) is 12.6. The van der Waals surface area contributed by atoms with Crippen LogP contribution >= 0.6 is 0 Å². The number of nitrogens with zero attached hydrogens (tertiary/aromatic N) is 2. The number of hydrogen-bond donors (Lipinski definition) is 2. The van der Waals surface area contributed by atoms with Crippen molar-refractivity contribution in [2.75, 3.05) is 23.0 Å². The lowest BCUT2D eigenvalue weighted by Gasteiger charge is -2.29. The van der Waals surface area contributed by atoms with Gasteiger partial charge in [-0.05, 0) is 40.8 Å². The number of ether oxygens (including phenoxy) is 1. The highest BCUT2D eigenvalue weighted by Gasteiger charge is 2.28. The zero-order valence-corrected chi connectivity index (χ0v) is 20.6. The van der Waals surface area contributed by atoms with E-state index in [0.717, 1.165) is 28.6 Å². The van der Waals surface area contributed by atoms with E-state index < -0.39 is 21.3 Å². The molecule has 0 fully saturated rings. The highest BCUT2D eigenvalue weighted by Crippen LogP contribution is 2.43. The number of nitrogens with one attached hydrogen (secondary N) is 2. The summed E-state index contributed by atoms with van der Waals surface area (Å²) in [5, 5.41) is 0. The fourth-order valence-electron chi connectivity index (χ4n) is 4.21. The summed E-state index contributed by atoms with van der Waals surface area (Å²) in [6.45, 7) is 7.33. The Morgan fingerprint density at radius 1 is 1.03 bits per heavy atom. The molecule has 0 amide bonds. The summed E-state index contributed by atoms with van der Waals surface area (Å²) in [6, 6.07) is 10.6. The Bertz CT molecular complexity index is 1480. The van der Waals surface area contributed by atoms with Gasteiger partial charge in [0, 0.05) is 36.6 Å². The van der Waals surface area contributed by atoms with Crippen LogP contribution in [-0.4, -0.2) is 31.3 Å². The van der Waals surface area contributed by atoms with Crippen LogP contribution in [0.1, 0.15) is 37.5 Å². The minimum absolute atomic E-state index is 0.291. The molecule has 1 aliphatic rings. The maximum Gasteiger partial charge on any atom is 0.332 e. The van der Waals surface area contributed by atoms with Crippen molar-refractivity contribution in [1.29, 1.82) is 0 Å². The lowest BCUT2D eigenvalue weighted by molar-refractivity contribution is 0.397. The van der Waals surface area contributed by atoms with Crippen LogP contribution in [0, 0.1) is 0 Å². The highest BCUT2D eigenvalue weighted by atomic mass is 32.2. The number of anilines is 2. The molecule has 1 aliphatic heterocycles. The number of H-pyrrole nitrogens is 1. The fourth-order valence-corrected chi connectivity index (χ4v) is 4.76. The van der Waals surface area contributed by atoms with E-state index in [4.69, 9.17) is 4.74 Å². The van der Waals surface area contributed by atoms with Crippen molar-refractivity contribution in [2.24, 2.45) is 0 Å². The van der Waals surface area contributed by atoms with Gasteiger partial charge in [0.25, 0.3) is 5.56 Å². The monoisotopic (exact) mass is 484 g/mol. The average molecular weight is 485 g/mol. The number of aromatic amines is 1. The molecule has 3 aromatic rings. The van der Waals surface area contributed by atoms with Gasteiger partial charge in [-0.15, -0.1) is 0 Å². The first kappa shape index (κ1) is 23.6. The number of rotatable bonds is 5. The smallest absolute Gasteiger partial charge is 0.332 e. The molecule has 2 heterocycles. The molecule has 0 unspecified atom stereocenters. The standard InChI is InChI=1S/C24H28N4O5S/c1-24(2,3)19-11-18(28-9-8-21(29)25-23(28)30)12-20(22(19)33-4)27-13-15-6-7-17(10-16(15)14-27)26-34(5,31)32/h6-12,26H,13-14H2,1-5H3,(H,25,29,30). The largest absolute Gasteiger partial charge is 0.494 e. The van der Waals surface area contributed by atoms with Crippen LogP contribution < -0.4 is 25.6 Å². The second-order valence-electron chi connectivity index (χ2n) is 9.49. The summed E-state index contributed by atoms with van der Waals surface area (Å²) in [7, 11) is -1.76. The molecule has 0 atom stereocenters. The second kappa shape index (κ2) is 8.35. The predicted molar refractivity (Wildman–Crippen MR) is 133 cm³/mol. The number of benzene rings is 2. The van der Waals surface area contributed by atoms with Crippen LogP contribution in [0.2, 0.25) is 0 Å². The molecule has 0 saturated carbocycles. The Morgan fingerprint density at radius 2 is 1.74 bits per heavy atom. The average Bonchev–Trinajstić information content (AvgIpc) is 3.14. The minimum atomic E-state index is -3.38. The van der Waals surface area contributed by atoms with Gasteiger partial charge in [-0.3, -0.25) is 19.1 Å². The number of sulfonamides is 1. The Labute approximate surface area is 198 Å². The maximum absolute atomic E-state index is 12.5. The van der Waals surface area contributed by atoms with Gasteiger partial charge in [-0.2, -0.15) is 0 Å². The third kappa shape index (κ3) is 4.72. The molecule has 0 radical (unpaired) electrons. The number of methoxy groups -OCH3 is 1. The van der Waals surface area contributed by atoms with E-state index in [0.29, 0.717) is 30.2 Å². The quantitative estimate of drug-likeness (QED) is 0.576. The molecule has 2 N–H and O–H groups in total. The van der Waals surface area contributed by atoms with E-state index in [9.17, 15) is 18.0 Å². The highest BCUT2D eigenvalue weighted by molar-refractivity contribution is 7.92. The van der Waals surface area contributed by atoms with Crippen LogP contribution in [0.3, 0.4) is 0 Å². The van der Waals surface area contributed by atoms with E-state index in [-0.39, 0.29) is 5.41 Å². The Morgan fingerprint density at radius 3 is 2.35 bits per heavy atom. The lowest BCUT2D eigenvalue weighted by Crippen LogP contribution is -2.28. The van der Waals surface area contributed by atoms with E-state index in [2.05, 4.69) is 35.4 Å². The van der Waals surface area contributed by atoms with E-state index >= 15 is 0 Å². The molecule has 4 rings (SSSR count). The summed E-state index contributed by atoms with van der Waals surface area (Å²) < 4.78 is 33.1.